The molecule has 1 atom stereocenters. The van der Waals surface area contributed by atoms with Gasteiger partial charge in [0.1, 0.15) is 0 Å². The number of carbonyl (C=O) groups is 1. The van der Waals surface area contributed by atoms with Gasteiger partial charge in [0, 0.05) is 43.7 Å². The number of amides is 1. The highest BCUT2D eigenvalue weighted by Crippen LogP contribution is 2.23. The lowest BCUT2D eigenvalue weighted by Gasteiger charge is -2.38. The number of hydrogen-bond acceptors (Lipinski definition) is 3. The Bertz CT molecular complexity index is 505. The van der Waals surface area contributed by atoms with Gasteiger partial charge in [-0.25, -0.2) is 0 Å². The maximum absolute atomic E-state index is 12.3. The minimum absolute atomic E-state index is 0. The van der Waals surface area contributed by atoms with E-state index in [2.05, 4.69) is 24.0 Å². The molecule has 0 bridgehead atoms. The summed E-state index contributed by atoms with van der Waals surface area (Å²) in [5.41, 5.74) is 6.76. The van der Waals surface area contributed by atoms with Gasteiger partial charge in [-0.1, -0.05) is 36.6 Å². The summed E-state index contributed by atoms with van der Waals surface area (Å²) < 4.78 is 0. The summed E-state index contributed by atoms with van der Waals surface area (Å²) in [5, 5.41) is 0.771. The van der Waals surface area contributed by atoms with Gasteiger partial charge < -0.3 is 10.6 Å². The molecule has 0 aliphatic carbocycles. The summed E-state index contributed by atoms with van der Waals surface area (Å²) in [7, 11) is 0. The molecule has 1 aromatic carbocycles. The van der Waals surface area contributed by atoms with E-state index < -0.39 is 0 Å². The minimum atomic E-state index is 0. The smallest absolute Gasteiger partial charge is 0.222 e. The molecule has 26 heavy (non-hydrogen) atoms. The highest BCUT2D eigenvalue weighted by Gasteiger charge is 2.24. The van der Waals surface area contributed by atoms with Crippen LogP contribution in [0, 0.1) is 0 Å². The van der Waals surface area contributed by atoms with E-state index in [0.29, 0.717) is 18.4 Å². The fraction of sp³-hybridized carbons (Fsp3) is 0.632. The van der Waals surface area contributed by atoms with Crippen LogP contribution in [0.2, 0.25) is 5.02 Å². The van der Waals surface area contributed by atoms with Crippen molar-refractivity contribution in [3.05, 3.63) is 34.9 Å². The van der Waals surface area contributed by atoms with Gasteiger partial charge in [0.15, 0.2) is 0 Å². The molecular formula is C19H32Cl3N3O. The summed E-state index contributed by atoms with van der Waals surface area (Å²) in [5.74, 6) is 0.307. The number of benzene rings is 1. The molecule has 1 fully saturated rings. The van der Waals surface area contributed by atoms with Crippen LogP contribution in [0.15, 0.2) is 24.3 Å². The van der Waals surface area contributed by atoms with Crippen molar-refractivity contribution >= 4 is 42.3 Å². The van der Waals surface area contributed by atoms with Gasteiger partial charge in [0.2, 0.25) is 5.91 Å². The van der Waals surface area contributed by atoms with Gasteiger partial charge in [-0.3, -0.25) is 9.69 Å². The van der Waals surface area contributed by atoms with Crippen molar-refractivity contribution in [3.8, 4) is 0 Å². The number of nitrogens with zero attached hydrogens (tertiary/aromatic N) is 2. The molecular weight excluding hydrogens is 393 g/mol. The highest BCUT2D eigenvalue weighted by atomic mass is 35.5. The van der Waals surface area contributed by atoms with E-state index in [4.69, 9.17) is 17.3 Å². The molecule has 1 amide bonds. The number of nitrogens with two attached hydrogens (primary N) is 1. The fourth-order valence-corrected chi connectivity index (χ4v) is 3.37. The van der Waals surface area contributed by atoms with E-state index in [0.717, 1.165) is 63.4 Å². The summed E-state index contributed by atoms with van der Waals surface area (Å²) in [4.78, 5) is 16.7. The Kier molecular flexibility index (Phi) is 13.3. The molecule has 0 spiro atoms. The van der Waals surface area contributed by atoms with E-state index in [1.54, 1.807) is 0 Å². The quantitative estimate of drug-likeness (QED) is 0.633. The first kappa shape index (κ1) is 25.5. The maximum atomic E-state index is 12.3. The van der Waals surface area contributed by atoms with Crippen LogP contribution in [0.4, 0.5) is 0 Å². The Morgan fingerprint density at radius 3 is 2.19 bits per heavy atom. The Balaban J connectivity index is 0.00000312. The topological polar surface area (TPSA) is 49.6 Å². The lowest BCUT2D eigenvalue weighted by atomic mass is 10.1. The SMILES string of the molecule is CC(c1ccc(Cl)cc1)N1CCN(C(=O)CCCCCCN)CC1.Cl.Cl. The third-order valence-electron chi connectivity index (χ3n) is 4.91. The fourth-order valence-electron chi connectivity index (χ4n) is 3.24. The molecule has 2 rings (SSSR count). The van der Waals surface area contributed by atoms with Gasteiger partial charge in [0.05, 0.1) is 0 Å². The van der Waals surface area contributed by atoms with E-state index in [9.17, 15) is 4.79 Å². The average Bonchev–Trinajstić information content (AvgIpc) is 2.61. The molecule has 1 aliphatic rings. The maximum Gasteiger partial charge on any atom is 0.222 e. The number of hydrogen-bond donors (Lipinski definition) is 1. The van der Waals surface area contributed by atoms with Crippen LogP contribution in [-0.4, -0.2) is 48.4 Å². The van der Waals surface area contributed by atoms with Crippen LogP contribution >= 0.6 is 36.4 Å². The molecule has 1 aliphatic heterocycles. The van der Waals surface area contributed by atoms with Crippen molar-refractivity contribution in [1.82, 2.24) is 9.80 Å². The highest BCUT2D eigenvalue weighted by molar-refractivity contribution is 6.30. The third-order valence-corrected chi connectivity index (χ3v) is 5.16. The van der Waals surface area contributed by atoms with E-state index in [-0.39, 0.29) is 24.8 Å². The van der Waals surface area contributed by atoms with Gasteiger partial charge in [-0.2, -0.15) is 0 Å². The zero-order chi connectivity index (χ0) is 17.4. The summed E-state index contributed by atoms with van der Waals surface area (Å²) in [6.07, 6.45) is 4.97. The molecule has 150 valence electrons. The molecule has 0 radical (unpaired) electrons. The zero-order valence-electron chi connectivity index (χ0n) is 15.5. The van der Waals surface area contributed by atoms with Crippen molar-refractivity contribution in [2.75, 3.05) is 32.7 Å². The van der Waals surface area contributed by atoms with Crippen LogP contribution in [0.3, 0.4) is 0 Å². The van der Waals surface area contributed by atoms with Crippen LogP contribution in [0.5, 0.6) is 0 Å². The van der Waals surface area contributed by atoms with Crippen molar-refractivity contribution < 1.29 is 4.79 Å². The molecule has 0 aromatic heterocycles. The zero-order valence-corrected chi connectivity index (χ0v) is 17.9. The van der Waals surface area contributed by atoms with Gasteiger partial charge in [-0.05, 0) is 44.0 Å². The Morgan fingerprint density at radius 1 is 1.04 bits per heavy atom. The molecule has 4 nitrogen and oxygen atoms in total. The van der Waals surface area contributed by atoms with Crippen LogP contribution in [0.1, 0.15) is 50.6 Å². The summed E-state index contributed by atoms with van der Waals surface area (Å²) in [6, 6.07) is 8.42. The van der Waals surface area contributed by atoms with Gasteiger partial charge in [0.25, 0.3) is 0 Å². The first-order chi connectivity index (χ1) is 11.6. The first-order valence-electron chi connectivity index (χ1n) is 9.09. The standard InChI is InChI=1S/C19H30ClN3O.2ClH/c1-16(17-7-9-18(20)10-8-17)22-12-14-23(15-13-22)19(24)6-4-2-3-5-11-21;;/h7-10,16H,2-6,11-15,21H2,1H3;2*1H. The minimum Gasteiger partial charge on any atom is -0.340 e. The van der Waals surface area contributed by atoms with Gasteiger partial charge >= 0.3 is 0 Å². The van der Waals surface area contributed by atoms with Crippen molar-refractivity contribution in [1.29, 1.82) is 0 Å². The Hall–Kier alpha value is -0.520. The molecule has 0 saturated carbocycles. The van der Waals surface area contributed by atoms with E-state index >= 15 is 0 Å². The van der Waals surface area contributed by atoms with Crippen molar-refractivity contribution in [2.45, 2.75) is 45.1 Å². The average molecular weight is 425 g/mol. The van der Waals surface area contributed by atoms with Crippen LogP contribution < -0.4 is 5.73 Å². The number of piperazine rings is 1. The molecule has 1 unspecified atom stereocenters. The second kappa shape index (κ2) is 13.6. The monoisotopic (exact) mass is 423 g/mol. The predicted molar refractivity (Wildman–Crippen MR) is 115 cm³/mol. The van der Waals surface area contributed by atoms with Crippen molar-refractivity contribution in [2.24, 2.45) is 5.73 Å². The lowest BCUT2D eigenvalue weighted by molar-refractivity contribution is -0.133. The third kappa shape index (κ3) is 8.01. The second-order valence-electron chi connectivity index (χ2n) is 6.60. The number of halogens is 3. The lowest BCUT2D eigenvalue weighted by Crippen LogP contribution is -2.49. The van der Waals surface area contributed by atoms with E-state index in [1.807, 2.05) is 17.0 Å². The molecule has 1 heterocycles. The second-order valence-corrected chi connectivity index (χ2v) is 7.03. The molecule has 1 saturated heterocycles. The molecule has 1 aromatic rings. The number of carbonyl (C=O) groups excluding carboxylic acids is 1. The normalized spacial score (nSPS) is 15.7. The Labute approximate surface area is 175 Å². The van der Waals surface area contributed by atoms with Gasteiger partial charge in [-0.15, -0.1) is 24.8 Å². The predicted octanol–water partition coefficient (Wildman–Crippen LogP) is 4.30. The van der Waals surface area contributed by atoms with E-state index in [1.165, 1.54) is 5.56 Å². The number of unbranched alkanes of at least 4 members (excludes halogenated alkanes) is 3. The van der Waals surface area contributed by atoms with Crippen LogP contribution in [0.25, 0.3) is 0 Å². The Morgan fingerprint density at radius 2 is 1.62 bits per heavy atom. The molecule has 7 heteroatoms. The van der Waals surface area contributed by atoms with Crippen LogP contribution in [-0.2, 0) is 4.79 Å². The largest absolute Gasteiger partial charge is 0.340 e. The summed E-state index contributed by atoms with van der Waals surface area (Å²) >= 11 is 5.96. The molecule has 2 N–H and O–H groups in total. The number of rotatable bonds is 8. The van der Waals surface area contributed by atoms with Crippen molar-refractivity contribution in [3.63, 3.8) is 0 Å². The first-order valence-corrected chi connectivity index (χ1v) is 9.47. The summed E-state index contributed by atoms with van der Waals surface area (Å²) in [6.45, 7) is 6.50.